The van der Waals surface area contributed by atoms with Gasteiger partial charge < -0.3 is 24.2 Å². The Bertz CT molecular complexity index is 1340. The molecule has 240 valence electrons. The number of likely N-dealkylation sites (tertiary alicyclic amines) is 1. The monoisotopic (exact) mass is 607 g/mol. The molecule has 0 unspecified atom stereocenters. The SMILES string of the molecule is COc1ncc(C2(C)CC2)cc1CO[C@H]1[C@H](C(C)(C)C)[C@@H](C(=O)O)N(C(=O)C2CCCCC2)[C@H]1c1cccnc1OC(C)C. The first-order valence-electron chi connectivity index (χ1n) is 16.2. The number of carboxylic acid groups (broad SMARTS) is 1. The van der Waals surface area contributed by atoms with Crippen LogP contribution in [0.3, 0.4) is 0 Å². The van der Waals surface area contributed by atoms with Gasteiger partial charge in [0.1, 0.15) is 6.04 Å². The van der Waals surface area contributed by atoms with Gasteiger partial charge >= 0.3 is 5.97 Å². The lowest BCUT2D eigenvalue weighted by atomic mass is 9.73. The van der Waals surface area contributed by atoms with Gasteiger partial charge in [0.05, 0.1) is 32.0 Å². The number of aromatic nitrogens is 2. The van der Waals surface area contributed by atoms with Crippen LogP contribution in [-0.4, -0.2) is 57.2 Å². The van der Waals surface area contributed by atoms with E-state index in [1.165, 1.54) is 0 Å². The molecule has 3 fully saturated rings. The second kappa shape index (κ2) is 12.7. The first kappa shape index (κ1) is 32.2. The van der Waals surface area contributed by atoms with Crippen molar-refractivity contribution in [3.63, 3.8) is 0 Å². The van der Waals surface area contributed by atoms with Gasteiger partial charge in [-0.3, -0.25) is 4.79 Å². The minimum Gasteiger partial charge on any atom is -0.481 e. The lowest BCUT2D eigenvalue weighted by Crippen LogP contribution is -2.49. The maximum absolute atomic E-state index is 14.5. The smallest absolute Gasteiger partial charge is 0.326 e. The molecule has 0 spiro atoms. The summed E-state index contributed by atoms with van der Waals surface area (Å²) in [5.74, 6) is -1.02. The third-order valence-electron chi connectivity index (χ3n) is 9.78. The van der Waals surface area contributed by atoms with Crippen molar-refractivity contribution in [3.8, 4) is 11.8 Å². The predicted molar refractivity (Wildman–Crippen MR) is 166 cm³/mol. The van der Waals surface area contributed by atoms with Crippen LogP contribution in [0, 0.1) is 17.3 Å². The van der Waals surface area contributed by atoms with Crippen LogP contribution in [-0.2, 0) is 26.3 Å². The lowest BCUT2D eigenvalue weighted by Gasteiger charge is -2.35. The molecule has 1 saturated heterocycles. The second-order valence-corrected chi connectivity index (χ2v) is 14.5. The summed E-state index contributed by atoms with van der Waals surface area (Å²) >= 11 is 0. The van der Waals surface area contributed by atoms with Crippen molar-refractivity contribution in [2.24, 2.45) is 17.3 Å². The minimum absolute atomic E-state index is 0.105. The van der Waals surface area contributed by atoms with E-state index in [9.17, 15) is 14.7 Å². The molecule has 4 atom stereocenters. The summed E-state index contributed by atoms with van der Waals surface area (Å²) in [5, 5.41) is 10.8. The van der Waals surface area contributed by atoms with E-state index in [4.69, 9.17) is 14.2 Å². The highest BCUT2D eigenvalue weighted by atomic mass is 16.5. The Kier molecular flexibility index (Phi) is 9.26. The van der Waals surface area contributed by atoms with Crippen LogP contribution in [0.5, 0.6) is 11.8 Å². The number of hydrogen-bond donors (Lipinski definition) is 1. The zero-order valence-corrected chi connectivity index (χ0v) is 27.3. The Morgan fingerprint density at radius 2 is 1.82 bits per heavy atom. The van der Waals surface area contributed by atoms with Crippen molar-refractivity contribution >= 4 is 11.9 Å². The third kappa shape index (κ3) is 6.44. The molecule has 0 aromatic carbocycles. The van der Waals surface area contributed by atoms with Crippen molar-refractivity contribution in [1.82, 2.24) is 14.9 Å². The first-order valence-corrected chi connectivity index (χ1v) is 16.2. The first-order chi connectivity index (χ1) is 20.9. The highest BCUT2D eigenvalue weighted by Crippen LogP contribution is 2.52. The Hall–Kier alpha value is -3.20. The molecule has 0 bridgehead atoms. The summed E-state index contributed by atoms with van der Waals surface area (Å²) in [7, 11) is 1.59. The van der Waals surface area contributed by atoms with E-state index in [-0.39, 0.29) is 30.0 Å². The van der Waals surface area contributed by atoms with E-state index >= 15 is 0 Å². The maximum atomic E-state index is 14.5. The fourth-order valence-electron chi connectivity index (χ4n) is 7.20. The molecular weight excluding hydrogens is 558 g/mol. The van der Waals surface area contributed by atoms with Crippen LogP contribution in [0.2, 0.25) is 0 Å². The molecule has 1 N–H and O–H groups in total. The Morgan fingerprint density at radius 1 is 1.11 bits per heavy atom. The lowest BCUT2D eigenvalue weighted by molar-refractivity contribution is -0.154. The summed E-state index contributed by atoms with van der Waals surface area (Å²) in [6.45, 7) is 12.3. The highest BCUT2D eigenvalue weighted by Gasteiger charge is 2.60. The molecule has 2 aromatic rings. The molecule has 9 heteroatoms. The van der Waals surface area contributed by atoms with Gasteiger partial charge in [-0.1, -0.05) is 47.0 Å². The molecule has 1 amide bonds. The molecule has 1 aliphatic heterocycles. The summed E-state index contributed by atoms with van der Waals surface area (Å²) in [5.41, 5.74) is 2.20. The van der Waals surface area contributed by atoms with Gasteiger partial charge in [0, 0.05) is 35.4 Å². The van der Waals surface area contributed by atoms with Crippen LogP contribution in [0.25, 0.3) is 0 Å². The molecular formula is C35H49N3O6. The standard InChI is InChI=1S/C35H49N3O6/c1-21(2)44-31-25(14-11-17-36-31)27-29(43-20-23-18-24(35(6)15-16-35)19-37-30(23)42-7)26(34(3,4)5)28(33(40)41)38(27)32(39)22-12-9-8-10-13-22/h11,14,17-19,21-22,26-29H,8-10,12-13,15-16,20H2,1-7H3,(H,40,41)/t26-,27+,28+,29+/m1/s1. The van der Waals surface area contributed by atoms with Crippen LogP contribution in [0.4, 0.5) is 0 Å². The summed E-state index contributed by atoms with van der Waals surface area (Å²) < 4.78 is 18.7. The largest absolute Gasteiger partial charge is 0.481 e. The quantitative estimate of drug-likeness (QED) is 0.326. The van der Waals surface area contributed by atoms with Crippen molar-refractivity contribution in [3.05, 3.63) is 47.3 Å². The van der Waals surface area contributed by atoms with E-state index in [0.717, 1.165) is 56.1 Å². The summed E-state index contributed by atoms with van der Waals surface area (Å²) in [6, 6.07) is 4.03. The number of pyridine rings is 2. The number of carboxylic acids is 1. The van der Waals surface area contributed by atoms with Gasteiger partial charge in [-0.05, 0) is 74.1 Å². The summed E-state index contributed by atoms with van der Waals surface area (Å²) in [4.78, 5) is 38.5. The number of carbonyl (C=O) groups is 2. The molecule has 44 heavy (non-hydrogen) atoms. The number of methoxy groups -OCH3 is 1. The number of hydrogen-bond acceptors (Lipinski definition) is 7. The van der Waals surface area contributed by atoms with E-state index in [1.54, 1.807) is 18.2 Å². The van der Waals surface area contributed by atoms with Crippen molar-refractivity contribution in [2.75, 3.05) is 7.11 Å². The van der Waals surface area contributed by atoms with Crippen LogP contribution < -0.4 is 9.47 Å². The summed E-state index contributed by atoms with van der Waals surface area (Å²) in [6.07, 6.45) is 9.47. The maximum Gasteiger partial charge on any atom is 0.326 e. The third-order valence-corrected chi connectivity index (χ3v) is 9.78. The molecule has 2 aliphatic carbocycles. The van der Waals surface area contributed by atoms with E-state index in [0.29, 0.717) is 17.3 Å². The predicted octanol–water partition coefficient (Wildman–Crippen LogP) is 6.49. The van der Waals surface area contributed by atoms with Gasteiger partial charge in [0.15, 0.2) is 0 Å². The zero-order valence-electron chi connectivity index (χ0n) is 27.3. The Morgan fingerprint density at radius 3 is 2.41 bits per heavy atom. The van der Waals surface area contributed by atoms with Gasteiger partial charge in [-0.15, -0.1) is 0 Å². The van der Waals surface area contributed by atoms with Gasteiger partial charge in [-0.25, -0.2) is 14.8 Å². The van der Waals surface area contributed by atoms with Gasteiger partial charge in [-0.2, -0.15) is 0 Å². The van der Waals surface area contributed by atoms with Gasteiger partial charge in [0.2, 0.25) is 17.7 Å². The van der Waals surface area contributed by atoms with Crippen molar-refractivity contribution in [1.29, 1.82) is 0 Å². The molecule has 3 heterocycles. The van der Waals surface area contributed by atoms with E-state index in [1.807, 2.05) is 52.9 Å². The number of rotatable bonds is 10. The number of aliphatic carboxylic acids is 1. The minimum atomic E-state index is -1.08. The number of ether oxygens (including phenoxy) is 3. The number of carbonyl (C=O) groups excluding carboxylic acids is 1. The normalized spacial score (nSPS) is 25.2. The highest BCUT2D eigenvalue weighted by molar-refractivity contribution is 5.87. The average Bonchev–Trinajstić information content (AvgIpc) is 3.64. The fourth-order valence-corrected chi connectivity index (χ4v) is 7.20. The van der Waals surface area contributed by atoms with E-state index < -0.39 is 35.5 Å². The molecule has 5 rings (SSSR count). The second-order valence-electron chi connectivity index (χ2n) is 14.5. The van der Waals surface area contributed by atoms with Crippen molar-refractivity contribution in [2.45, 2.75) is 123 Å². The Labute approximate surface area is 261 Å². The van der Waals surface area contributed by atoms with E-state index in [2.05, 4.69) is 23.0 Å². The number of nitrogens with zero attached hydrogens (tertiary/aromatic N) is 3. The van der Waals surface area contributed by atoms with Crippen LogP contribution in [0.15, 0.2) is 30.6 Å². The number of amides is 1. The molecule has 2 aromatic heterocycles. The van der Waals surface area contributed by atoms with Crippen LogP contribution in [0.1, 0.15) is 109 Å². The zero-order chi connectivity index (χ0) is 31.8. The molecule has 2 saturated carbocycles. The van der Waals surface area contributed by atoms with Crippen molar-refractivity contribution < 1.29 is 28.9 Å². The van der Waals surface area contributed by atoms with Crippen LogP contribution >= 0.6 is 0 Å². The van der Waals surface area contributed by atoms with Gasteiger partial charge in [0.25, 0.3) is 0 Å². The fraction of sp³-hybridized carbons (Fsp3) is 0.657. The Balaban J connectivity index is 1.63. The molecule has 3 aliphatic rings. The average molecular weight is 608 g/mol. The topological polar surface area (TPSA) is 111 Å². The molecule has 0 radical (unpaired) electrons. The molecule has 9 nitrogen and oxygen atoms in total.